The van der Waals surface area contributed by atoms with Crippen molar-refractivity contribution in [3.8, 4) is 0 Å². The lowest BCUT2D eigenvalue weighted by molar-refractivity contribution is 0.600. The van der Waals surface area contributed by atoms with E-state index >= 15 is 0 Å². The van der Waals surface area contributed by atoms with Crippen molar-refractivity contribution in [1.82, 2.24) is 4.98 Å². The van der Waals surface area contributed by atoms with Crippen molar-refractivity contribution in [2.24, 2.45) is 0 Å². The largest absolute Gasteiger partial charge is 0.282 e. The number of anilines is 1. The average molecular weight is 263 g/mol. The first kappa shape index (κ1) is 13.3. The van der Waals surface area contributed by atoms with Crippen molar-refractivity contribution in [1.29, 1.82) is 0 Å². The van der Waals surface area contributed by atoms with E-state index in [0.717, 1.165) is 5.69 Å². The van der Waals surface area contributed by atoms with E-state index in [1.165, 1.54) is 0 Å². The summed E-state index contributed by atoms with van der Waals surface area (Å²) in [7, 11) is -3.31. The summed E-state index contributed by atoms with van der Waals surface area (Å²) in [5.74, 6) is 0.371. The third-order valence-corrected chi connectivity index (χ3v) is 3.66. The fraction of sp³-hybridized carbons (Fsp3) is 0.500. The lowest BCUT2D eigenvalue weighted by atomic mass is 10.3. The Kier molecular flexibility index (Phi) is 4.56. The van der Waals surface area contributed by atoms with Gasteiger partial charge in [0.1, 0.15) is 0 Å². The zero-order chi connectivity index (χ0) is 12.2. The molecule has 6 heteroatoms. The summed E-state index contributed by atoms with van der Waals surface area (Å²) in [6, 6.07) is 3.49. The molecule has 0 aliphatic rings. The molecule has 1 aromatic heterocycles. The van der Waals surface area contributed by atoms with Gasteiger partial charge in [-0.2, -0.15) is 0 Å². The van der Waals surface area contributed by atoms with Gasteiger partial charge in [0.2, 0.25) is 10.0 Å². The Balaban J connectivity index is 2.80. The number of pyridine rings is 1. The molecule has 16 heavy (non-hydrogen) atoms. The van der Waals surface area contributed by atoms with Gasteiger partial charge in [-0.3, -0.25) is 9.71 Å². The van der Waals surface area contributed by atoms with Gasteiger partial charge in [0.15, 0.2) is 0 Å². The molecule has 90 valence electrons. The fourth-order valence-corrected chi connectivity index (χ4v) is 2.73. The first-order valence-electron chi connectivity index (χ1n) is 4.95. The van der Waals surface area contributed by atoms with E-state index in [-0.39, 0.29) is 5.75 Å². The molecular weight excluding hydrogens is 248 g/mol. The molecule has 0 saturated carbocycles. The summed E-state index contributed by atoms with van der Waals surface area (Å²) in [5, 5.41) is 0. The SMILES string of the molecule is Cc1ccc(NS(=O)(=O)CCCCl)c(C)n1. The lowest BCUT2D eigenvalue weighted by Crippen LogP contribution is -2.18. The molecule has 0 radical (unpaired) electrons. The summed E-state index contributed by atoms with van der Waals surface area (Å²) < 4.78 is 25.7. The third kappa shape index (κ3) is 3.98. The molecule has 0 spiro atoms. The Labute approximate surface area is 101 Å². The molecule has 0 aliphatic carbocycles. The van der Waals surface area contributed by atoms with E-state index in [1.54, 1.807) is 19.1 Å². The summed E-state index contributed by atoms with van der Waals surface area (Å²) in [6.45, 7) is 3.63. The van der Waals surface area contributed by atoms with Crippen molar-refractivity contribution in [2.75, 3.05) is 16.4 Å². The monoisotopic (exact) mass is 262 g/mol. The maximum atomic E-state index is 11.6. The average Bonchev–Trinajstić information content (AvgIpc) is 2.19. The number of hydrogen-bond acceptors (Lipinski definition) is 3. The Morgan fingerprint density at radius 2 is 2.06 bits per heavy atom. The Hall–Kier alpha value is -0.810. The van der Waals surface area contributed by atoms with Crippen LogP contribution in [-0.2, 0) is 10.0 Å². The molecule has 1 heterocycles. The number of nitrogens with zero attached hydrogens (tertiary/aromatic N) is 1. The summed E-state index contributed by atoms with van der Waals surface area (Å²) in [4.78, 5) is 4.19. The number of nitrogens with one attached hydrogen (secondary N) is 1. The zero-order valence-corrected chi connectivity index (χ0v) is 10.9. The summed E-state index contributed by atoms with van der Waals surface area (Å²) in [6.07, 6.45) is 0.440. The maximum Gasteiger partial charge on any atom is 0.232 e. The number of halogens is 1. The molecular formula is C10H15ClN2O2S. The minimum Gasteiger partial charge on any atom is -0.282 e. The number of hydrogen-bond donors (Lipinski definition) is 1. The van der Waals surface area contributed by atoms with Crippen molar-refractivity contribution in [3.05, 3.63) is 23.5 Å². The van der Waals surface area contributed by atoms with Crippen molar-refractivity contribution < 1.29 is 8.42 Å². The van der Waals surface area contributed by atoms with Crippen molar-refractivity contribution in [2.45, 2.75) is 20.3 Å². The van der Waals surface area contributed by atoms with Gasteiger partial charge >= 0.3 is 0 Å². The van der Waals surface area contributed by atoms with Crippen LogP contribution in [0, 0.1) is 13.8 Å². The number of aryl methyl sites for hydroxylation is 2. The highest BCUT2D eigenvalue weighted by Crippen LogP contribution is 2.14. The zero-order valence-electron chi connectivity index (χ0n) is 9.33. The van der Waals surface area contributed by atoms with Crippen LogP contribution in [0.25, 0.3) is 0 Å². The van der Waals surface area contributed by atoms with Crippen LogP contribution in [0.1, 0.15) is 17.8 Å². The first-order chi connectivity index (χ1) is 7.44. The molecule has 0 fully saturated rings. The Morgan fingerprint density at radius 1 is 1.38 bits per heavy atom. The molecule has 1 aromatic rings. The predicted molar refractivity (Wildman–Crippen MR) is 66.5 cm³/mol. The van der Waals surface area contributed by atoms with Crippen LogP contribution in [0.4, 0.5) is 5.69 Å². The van der Waals surface area contributed by atoms with Crippen LogP contribution in [-0.4, -0.2) is 25.0 Å². The van der Waals surface area contributed by atoms with Crippen LogP contribution < -0.4 is 4.72 Å². The Bertz CT molecular complexity index is 460. The van der Waals surface area contributed by atoms with Crippen LogP contribution in [0.5, 0.6) is 0 Å². The molecule has 0 aromatic carbocycles. The van der Waals surface area contributed by atoms with Gasteiger partial charge in [0.05, 0.1) is 17.1 Å². The van der Waals surface area contributed by atoms with Gasteiger partial charge in [0.25, 0.3) is 0 Å². The number of sulfonamides is 1. The standard InChI is InChI=1S/C10H15ClN2O2S/c1-8-4-5-10(9(2)12-8)13-16(14,15)7-3-6-11/h4-5,13H,3,6-7H2,1-2H3. The van der Waals surface area contributed by atoms with Crippen molar-refractivity contribution in [3.63, 3.8) is 0 Å². The van der Waals surface area contributed by atoms with Crippen LogP contribution in [0.15, 0.2) is 12.1 Å². The topological polar surface area (TPSA) is 59.1 Å². The highest BCUT2D eigenvalue weighted by molar-refractivity contribution is 7.92. The van der Waals surface area contributed by atoms with Gasteiger partial charge in [-0.25, -0.2) is 8.42 Å². The first-order valence-corrected chi connectivity index (χ1v) is 7.14. The molecule has 4 nitrogen and oxygen atoms in total. The highest BCUT2D eigenvalue weighted by atomic mass is 35.5. The number of aromatic nitrogens is 1. The highest BCUT2D eigenvalue weighted by Gasteiger charge is 2.11. The van der Waals surface area contributed by atoms with Gasteiger partial charge < -0.3 is 0 Å². The molecule has 0 amide bonds. The predicted octanol–water partition coefficient (Wildman–Crippen LogP) is 2.07. The summed E-state index contributed by atoms with van der Waals surface area (Å²) >= 11 is 5.46. The molecule has 0 aliphatic heterocycles. The quantitative estimate of drug-likeness (QED) is 0.827. The van der Waals surface area contributed by atoms with E-state index in [0.29, 0.717) is 23.7 Å². The van der Waals surface area contributed by atoms with Crippen molar-refractivity contribution >= 4 is 27.3 Å². The van der Waals surface area contributed by atoms with Crippen LogP contribution in [0.3, 0.4) is 0 Å². The van der Waals surface area contributed by atoms with Gasteiger partial charge in [-0.1, -0.05) is 0 Å². The van der Waals surface area contributed by atoms with Crippen LogP contribution in [0.2, 0.25) is 0 Å². The lowest BCUT2D eigenvalue weighted by Gasteiger charge is -2.09. The second-order valence-corrected chi connectivity index (χ2v) is 5.77. The van der Waals surface area contributed by atoms with E-state index in [1.807, 2.05) is 6.92 Å². The smallest absolute Gasteiger partial charge is 0.232 e. The number of alkyl halides is 1. The van der Waals surface area contributed by atoms with Crippen LogP contribution >= 0.6 is 11.6 Å². The van der Waals surface area contributed by atoms with E-state index in [2.05, 4.69) is 9.71 Å². The van der Waals surface area contributed by atoms with Gasteiger partial charge in [-0.05, 0) is 32.4 Å². The second-order valence-electron chi connectivity index (χ2n) is 3.55. The summed E-state index contributed by atoms with van der Waals surface area (Å²) in [5.41, 5.74) is 2.07. The molecule has 0 saturated heterocycles. The van der Waals surface area contributed by atoms with E-state index in [9.17, 15) is 8.42 Å². The molecule has 0 atom stereocenters. The fourth-order valence-electron chi connectivity index (χ4n) is 1.26. The second kappa shape index (κ2) is 5.50. The molecule has 0 unspecified atom stereocenters. The van der Waals surface area contributed by atoms with Gasteiger partial charge in [0, 0.05) is 11.6 Å². The molecule has 0 bridgehead atoms. The minimum absolute atomic E-state index is 0.0316. The minimum atomic E-state index is -3.31. The molecule has 1 rings (SSSR count). The van der Waals surface area contributed by atoms with E-state index in [4.69, 9.17) is 11.6 Å². The van der Waals surface area contributed by atoms with Gasteiger partial charge in [-0.15, -0.1) is 11.6 Å². The molecule has 1 N–H and O–H groups in total. The third-order valence-electron chi connectivity index (χ3n) is 2.04. The maximum absolute atomic E-state index is 11.6. The normalized spacial score (nSPS) is 11.4. The number of rotatable bonds is 5. The van der Waals surface area contributed by atoms with E-state index < -0.39 is 10.0 Å². The Morgan fingerprint density at radius 3 is 2.62 bits per heavy atom.